The van der Waals surface area contributed by atoms with Crippen LogP contribution >= 0.6 is 11.6 Å². The SMILES string of the molecule is CN(Cc1ccccc1Cl)CC1C(N)C(C)(C)OC1(C)C. The van der Waals surface area contributed by atoms with Gasteiger partial charge >= 0.3 is 0 Å². The van der Waals surface area contributed by atoms with Crippen LogP contribution in [0.3, 0.4) is 0 Å². The Morgan fingerprint density at radius 3 is 2.33 bits per heavy atom. The van der Waals surface area contributed by atoms with E-state index in [1.165, 1.54) is 0 Å². The van der Waals surface area contributed by atoms with Crippen LogP contribution in [0.25, 0.3) is 0 Å². The summed E-state index contributed by atoms with van der Waals surface area (Å²) in [6, 6.07) is 8.01. The number of hydrogen-bond acceptors (Lipinski definition) is 3. The molecule has 0 spiro atoms. The highest BCUT2D eigenvalue weighted by Crippen LogP contribution is 2.41. The topological polar surface area (TPSA) is 38.5 Å². The fraction of sp³-hybridized carbons (Fsp3) is 0.647. The van der Waals surface area contributed by atoms with Gasteiger partial charge < -0.3 is 15.4 Å². The van der Waals surface area contributed by atoms with E-state index >= 15 is 0 Å². The number of ether oxygens (including phenoxy) is 1. The second-order valence-corrected chi connectivity index (χ2v) is 7.64. The summed E-state index contributed by atoms with van der Waals surface area (Å²) in [6.45, 7) is 10.1. The number of nitrogens with two attached hydrogens (primary N) is 1. The van der Waals surface area contributed by atoms with Crippen LogP contribution in [0, 0.1) is 5.92 Å². The van der Waals surface area contributed by atoms with Gasteiger partial charge in [-0.1, -0.05) is 29.8 Å². The Balaban J connectivity index is 2.06. The normalized spacial score (nSPS) is 27.2. The van der Waals surface area contributed by atoms with E-state index in [-0.39, 0.29) is 17.2 Å². The molecule has 1 fully saturated rings. The standard InChI is InChI=1S/C17H27ClN2O/c1-16(2)13(15(19)17(3,4)21-16)11-20(5)10-12-8-6-7-9-14(12)18/h6-9,13,15H,10-11,19H2,1-5H3. The van der Waals surface area contributed by atoms with Crippen molar-refractivity contribution in [1.82, 2.24) is 4.90 Å². The van der Waals surface area contributed by atoms with Crippen molar-refractivity contribution in [2.45, 2.75) is 51.5 Å². The minimum atomic E-state index is -0.278. The molecular weight excluding hydrogens is 284 g/mol. The predicted molar refractivity (Wildman–Crippen MR) is 88.5 cm³/mol. The fourth-order valence-electron chi connectivity index (χ4n) is 3.39. The average Bonchev–Trinajstić information content (AvgIpc) is 2.50. The summed E-state index contributed by atoms with van der Waals surface area (Å²) in [7, 11) is 2.11. The maximum Gasteiger partial charge on any atom is 0.0788 e. The molecule has 1 saturated heterocycles. The molecule has 0 saturated carbocycles. The van der Waals surface area contributed by atoms with Gasteiger partial charge in [0.2, 0.25) is 0 Å². The Kier molecular flexibility index (Phi) is 4.69. The Hall–Kier alpha value is -0.610. The van der Waals surface area contributed by atoms with Crippen LogP contribution in [0.2, 0.25) is 5.02 Å². The maximum atomic E-state index is 6.43. The van der Waals surface area contributed by atoms with Gasteiger partial charge in [0.05, 0.1) is 11.2 Å². The van der Waals surface area contributed by atoms with Gasteiger partial charge in [0.15, 0.2) is 0 Å². The summed E-state index contributed by atoms with van der Waals surface area (Å²) >= 11 is 6.24. The Morgan fingerprint density at radius 2 is 1.81 bits per heavy atom. The zero-order chi connectivity index (χ0) is 15.8. The molecule has 2 unspecified atom stereocenters. The summed E-state index contributed by atoms with van der Waals surface area (Å²) in [5.74, 6) is 0.292. The van der Waals surface area contributed by atoms with Crippen molar-refractivity contribution in [3.63, 3.8) is 0 Å². The molecule has 0 radical (unpaired) electrons. The lowest BCUT2D eigenvalue weighted by atomic mass is 9.83. The van der Waals surface area contributed by atoms with Crippen molar-refractivity contribution in [3.05, 3.63) is 34.9 Å². The highest BCUT2D eigenvalue weighted by molar-refractivity contribution is 6.31. The van der Waals surface area contributed by atoms with Gasteiger partial charge in [-0.05, 0) is 46.4 Å². The Labute approximate surface area is 133 Å². The second-order valence-electron chi connectivity index (χ2n) is 7.23. The molecule has 1 aliphatic rings. The summed E-state index contributed by atoms with van der Waals surface area (Å²) in [4.78, 5) is 2.28. The molecule has 0 aromatic heterocycles. The maximum absolute atomic E-state index is 6.43. The van der Waals surface area contributed by atoms with Crippen molar-refractivity contribution in [2.24, 2.45) is 11.7 Å². The third-order valence-corrected chi connectivity index (χ3v) is 4.93. The molecule has 1 aromatic rings. The van der Waals surface area contributed by atoms with Gasteiger partial charge in [-0.3, -0.25) is 0 Å². The van der Waals surface area contributed by atoms with E-state index in [1.807, 2.05) is 18.2 Å². The lowest BCUT2D eigenvalue weighted by Crippen LogP contribution is -2.47. The predicted octanol–water partition coefficient (Wildman–Crippen LogP) is 3.30. The fourth-order valence-corrected chi connectivity index (χ4v) is 3.59. The summed E-state index contributed by atoms with van der Waals surface area (Å²) in [5, 5.41) is 0.816. The molecule has 1 aromatic carbocycles. The van der Waals surface area contributed by atoms with Gasteiger partial charge in [0.25, 0.3) is 0 Å². The first-order valence-electron chi connectivity index (χ1n) is 7.51. The van der Waals surface area contributed by atoms with E-state index < -0.39 is 0 Å². The van der Waals surface area contributed by atoms with Crippen molar-refractivity contribution in [1.29, 1.82) is 0 Å². The first kappa shape index (κ1) is 16.8. The van der Waals surface area contributed by atoms with Crippen LogP contribution in [0.5, 0.6) is 0 Å². The zero-order valence-corrected chi connectivity index (χ0v) is 14.4. The molecule has 21 heavy (non-hydrogen) atoms. The number of hydrogen-bond donors (Lipinski definition) is 1. The van der Waals surface area contributed by atoms with Crippen LogP contribution in [-0.4, -0.2) is 35.7 Å². The minimum Gasteiger partial charge on any atom is -0.368 e. The zero-order valence-electron chi connectivity index (χ0n) is 13.7. The first-order valence-corrected chi connectivity index (χ1v) is 7.89. The van der Waals surface area contributed by atoms with E-state index in [9.17, 15) is 0 Å². The lowest BCUT2D eigenvalue weighted by Gasteiger charge is -2.31. The molecule has 2 rings (SSSR count). The highest BCUT2D eigenvalue weighted by atomic mass is 35.5. The number of halogens is 1. The largest absolute Gasteiger partial charge is 0.368 e. The first-order chi connectivity index (χ1) is 9.63. The molecule has 1 aliphatic heterocycles. The Morgan fingerprint density at radius 1 is 1.19 bits per heavy atom. The molecule has 4 heteroatoms. The van der Waals surface area contributed by atoms with Gasteiger partial charge in [-0.15, -0.1) is 0 Å². The smallest absolute Gasteiger partial charge is 0.0788 e. The summed E-state index contributed by atoms with van der Waals surface area (Å²) in [5.41, 5.74) is 7.08. The number of nitrogens with zero attached hydrogens (tertiary/aromatic N) is 1. The minimum absolute atomic E-state index is 0.0289. The Bertz CT molecular complexity index is 501. The molecule has 0 bridgehead atoms. The molecule has 1 heterocycles. The van der Waals surface area contributed by atoms with Gasteiger partial charge in [0, 0.05) is 30.1 Å². The van der Waals surface area contributed by atoms with Crippen molar-refractivity contribution in [2.75, 3.05) is 13.6 Å². The van der Waals surface area contributed by atoms with Crippen LogP contribution in [0.1, 0.15) is 33.3 Å². The third kappa shape index (κ3) is 3.59. The molecular formula is C17H27ClN2O. The summed E-state index contributed by atoms with van der Waals surface area (Å²) in [6.07, 6.45) is 0. The number of benzene rings is 1. The summed E-state index contributed by atoms with van der Waals surface area (Å²) < 4.78 is 6.16. The van der Waals surface area contributed by atoms with E-state index in [0.29, 0.717) is 5.92 Å². The monoisotopic (exact) mass is 310 g/mol. The van der Waals surface area contributed by atoms with Crippen LogP contribution in [0.15, 0.2) is 24.3 Å². The van der Waals surface area contributed by atoms with Gasteiger partial charge in [0.1, 0.15) is 0 Å². The van der Waals surface area contributed by atoms with Crippen molar-refractivity contribution < 1.29 is 4.74 Å². The molecule has 118 valence electrons. The third-order valence-electron chi connectivity index (χ3n) is 4.56. The second kappa shape index (κ2) is 5.88. The molecule has 3 nitrogen and oxygen atoms in total. The highest BCUT2D eigenvalue weighted by Gasteiger charge is 2.52. The lowest BCUT2D eigenvalue weighted by molar-refractivity contribution is -0.0782. The molecule has 0 aliphatic carbocycles. The van der Waals surface area contributed by atoms with Gasteiger partial charge in [-0.2, -0.15) is 0 Å². The van der Waals surface area contributed by atoms with E-state index in [2.05, 4.69) is 45.7 Å². The van der Waals surface area contributed by atoms with E-state index in [4.69, 9.17) is 22.1 Å². The van der Waals surface area contributed by atoms with Crippen LogP contribution in [-0.2, 0) is 11.3 Å². The van der Waals surface area contributed by atoms with Gasteiger partial charge in [-0.25, -0.2) is 0 Å². The van der Waals surface area contributed by atoms with Crippen molar-refractivity contribution in [3.8, 4) is 0 Å². The van der Waals surface area contributed by atoms with Crippen molar-refractivity contribution >= 4 is 11.6 Å². The average molecular weight is 311 g/mol. The van der Waals surface area contributed by atoms with E-state index in [0.717, 1.165) is 23.7 Å². The number of rotatable bonds is 4. The molecule has 2 atom stereocenters. The molecule has 2 N–H and O–H groups in total. The quantitative estimate of drug-likeness (QED) is 0.927. The van der Waals surface area contributed by atoms with Crippen LogP contribution < -0.4 is 5.73 Å². The van der Waals surface area contributed by atoms with E-state index in [1.54, 1.807) is 0 Å². The van der Waals surface area contributed by atoms with Crippen LogP contribution in [0.4, 0.5) is 0 Å². The molecule has 0 amide bonds.